The maximum atomic E-state index is 7.07. The van der Waals surface area contributed by atoms with Crippen LogP contribution in [0.25, 0.3) is 0 Å². The highest BCUT2D eigenvalue weighted by Gasteiger charge is 2.42. The summed E-state index contributed by atoms with van der Waals surface area (Å²) in [6, 6.07) is 30.8. The van der Waals surface area contributed by atoms with Crippen LogP contribution >= 0.6 is 16.4 Å². The molecule has 202 valence electrons. The molecule has 0 bridgehead atoms. The van der Waals surface area contributed by atoms with E-state index in [2.05, 4.69) is 149 Å². The molecule has 0 atom stereocenters. The van der Waals surface area contributed by atoms with Gasteiger partial charge in [-0.15, -0.1) is 0 Å². The summed E-state index contributed by atoms with van der Waals surface area (Å²) in [6.45, 7) is 18.0. The first kappa shape index (κ1) is 28.7. The molecule has 1 aliphatic heterocycles. The fourth-order valence-electron chi connectivity index (χ4n) is 4.62. The predicted molar refractivity (Wildman–Crippen MR) is 170 cm³/mol. The predicted octanol–water partition coefficient (Wildman–Crippen LogP) is 9.08. The molecule has 0 amide bonds. The van der Waals surface area contributed by atoms with Crippen LogP contribution in [0.1, 0.15) is 54.9 Å². The van der Waals surface area contributed by atoms with Crippen LogP contribution in [0.5, 0.6) is 0 Å². The maximum Gasteiger partial charge on any atom is 0.309 e. The first-order valence-electron chi connectivity index (χ1n) is 13.7. The van der Waals surface area contributed by atoms with Crippen molar-refractivity contribution in [3.8, 4) is 0 Å². The van der Waals surface area contributed by atoms with Gasteiger partial charge in [-0.1, -0.05) is 121 Å². The lowest BCUT2D eigenvalue weighted by Gasteiger charge is -2.37. The molecule has 0 saturated heterocycles. The third-order valence-corrected chi connectivity index (χ3v) is 10.6. The SMILES string of the molecule is CC/C(=C/CP(c1ccccc1)c1ccccc1)OP1N(CC(C)(C)C)c2ccccc2N1CC(C)(C)C. The second kappa shape index (κ2) is 12.2. The van der Waals surface area contributed by atoms with Crippen molar-refractivity contribution in [3.63, 3.8) is 0 Å². The van der Waals surface area contributed by atoms with Gasteiger partial charge in [-0.25, -0.2) is 0 Å². The quantitative estimate of drug-likeness (QED) is 0.197. The molecule has 4 rings (SSSR count). The molecule has 38 heavy (non-hydrogen) atoms. The summed E-state index contributed by atoms with van der Waals surface area (Å²) >= 11 is 0. The van der Waals surface area contributed by atoms with Gasteiger partial charge in [-0.2, -0.15) is 0 Å². The third-order valence-electron chi connectivity index (χ3n) is 6.28. The minimum Gasteiger partial charge on any atom is -0.441 e. The number of hydrogen-bond acceptors (Lipinski definition) is 3. The fourth-order valence-corrected chi connectivity index (χ4v) is 9.46. The molecule has 3 nitrogen and oxygen atoms in total. The topological polar surface area (TPSA) is 15.7 Å². The molecule has 3 aromatic rings. The highest BCUT2D eigenvalue weighted by Crippen LogP contribution is 2.62. The van der Waals surface area contributed by atoms with E-state index in [0.717, 1.165) is 31.4 Å². The zero-order valence-electron chi connectivity index (χ0n) is 24.2. The van der Waals surface area contributed by atoms with E-state index in [-0.39, 0.29) is 10.8 Å². The number of rotatable bonds is 9. The lowest BCUT2D eigenvalue weighted by Crippen LogP contribution is -2.33. The normalized spacial score (nSPS) is 14.8. The summed E-state index contributed by atoms with van der Waals surface area (Å²) in [5.41, 5.74) is 2.90. The number of para-hydroxylation sites is 2. The summed E-state index contributed by atoms with van der Waals surface area (Å²) in [5.74, 6) is 1.10. The van der Waals surface area contributed by atoms with Gasteiger partial charge in [-0.3, -0.25) is 9.34 Å². The van der Waals surface area contributed by atoms with Gasteiger partial charge in [0.2, 0.25) is 0 Å². The van der Waals surface area contributed by atoms with Crippen LogP contribution in [0.15, 0.2) is 96.8 Å². The van der Waals surface area contributed by atoms with Crippen molar-refractivity contribution in [3.05, 3.63) is 96.8 Å². The summed E-state index contributed by atoms with van der Waals surface area (Å²) in [6.07, 6.45) is 4.23. The molecule has 5 heteroatoms. The number of fused-ring (bicyclic) bond motifs is 1. The van der Waals surface area contributed by atoms with Gasteiger partial charge in [0.1, 0.15) is 5.76 Å². The second-order valence-corrected chi connectivity index (χ2v) is 16.3. The Morgan fingerprint density at radius 2 is 1.13 bits per heavy atom. The number of anilines is 2. The van der Waals surface area contributed by atoms with E-state index in [9.17, 15) is 0 Å². The summed E-state index contributed by atoms with van der Waals surface area (Å²) in [7, 11) is -1.50. The molecule has 1 heterocycles. The van der Waals surface area contributed by atoms with E-state index in [1.165, 1.54) is 22.0 Å². The van der Waals surface area contributed by atoms with E-state index in [1.54, 1.807) is 0 Å². The standard InChI is InChI=1S/C33H44N2OP2/c1-8-27(23-24-37(28-17-11-9-12-18-28)29-19-13-10-14-20-29)36-38-34(25-32(2,3)4)30-21-15-16-22-31(30)35(38)26-33(5,6)7/h9-23H,8,24-26H2,1-7H3/b27-23-. The zero-order valence-corrected chi connectivity index (χ0v) is 26.0. The lowest BCUT2D eigenvalue weighted by molar-refractivity contribution is 0.400. The van der Waals surface area contributed by atoms with Crippen LogP contribution in [-0.4, -0.2) is 19.3 Å². The third kappa shape index (κ3) is 7.40. The number of nitrogens with zero attached hydrogens (tertiary/aromatic N) is 2. The van der Waals surface area contributed by atoms with Gasteiger partial charge in [-0.05, 0) is 53.7 Å². The molecule has 0 fully saturated rings. The maximum absolute atomic E-state index is 7.07. The number of hydrogen-bond donors (Lipinski definition) is 0. The molecule has 0 aliphatic carbocycles. The highest BCUT2D eigenvalue weighted by atomic mass is 31.2. The minimum absolute atomic E-state index is 0.153. The van der Waals surface area contributed by atoms with Crippen molar-refractivity contribution >= 4 is 38.4 Å². The van der Waals surface area contributed by atoms with Gasteiger partial charge < -0.3 is 4.52 Å². The van der Waals surface area contributed by atoms with E-state index < -0.39 is 16.4 Å². The molecular weight excluding hydrogens is 502 g/mol. The van der Waals surface area contributed by atoms with Crippen LogP contribution in [0, 0.1) is 10.8 Å². The number of benzene rings is 3. The van der Waals surface area contributed by atoms with E-state index in [4.69, 9.17) is 4.52 Å². The molecule has 0 radical (unpaired) electrons. The van der Waals surface area contributed by atoms with Gasteiger partial charge in [0, 0.05) is 19.5 Å². The second-order valence-electron chi connectivity index (χ2n) is 12.4. The average Bonchev–Trinajstić information content (AvgIpc) is 3.14. The van der Waals surface area contributed by atoms with Crippen molar-refractivity contribution in [2.75, 3.05) is 28.6 Å². The molecule has 0 spiro atoms. The Morgan fingerprint density at radius 3 is 1.53 bits per heavy atom. The molecule has 3 aromatic carbocycles. The Morgan fingerprint density at radius 1 is 0.711 bits per heavy atom. The summed E-state index contributed by atoms with van der Waals surface area (Å²) in [4.78, 5) is 0. The molecule has 0 N–H and O–H groups in total. The van der Waals surface area contributed by atoms with Gasteiger partial charge in [0.25, 0.3) is 0 Å². The van der Waals surface area contributed by atoms with Crippen LogP contribution < -0.4 is 19.9 Å². The average molecular weight is 547 g/mol. The van der Waals surface area contributed by atoms with E-state index in [1.807, 2.05) is 0 Å². The Kier molecular flexibility index (Phi) is 9.23. The first-order chi connectivity index (χ1) is 18.1. The molecule has 0 aromatic heterocycles. The van der Waals surface area contributed by atoms with Crippen LogP contribution in [0.2, 0.25) is 0 Å². The first-order valence-corrected chi connectivity index (χ1v) is 16.4. The monoisotopic (exact) mass is 546 g/mol. The van der Waals surface area contributed by atoms with Crippen molar-refractivity contribution in [1.82, 2.24) is 0 Å². The Bertz CT molecular complexity index is 1120. The Labute approximate surface area is 233 Å². The fraction of sp³-hybridized carbons (Fsp3) is 0.394. The van der Waals surface area contributed by atoms with Gasteiger partial charge in [0.15, 0.2) is 0 Å². The molecular formula is C33H44N2OP2. The van der Waals surface area contributed by atoms with Gasteiger partial charge in [0.05, 0.1) is 11.4 Å². The van der Waals surface area contributed by atoms with Crippen LogP contribution in [0.4, 0.5) is 11.4 Å². The minimum atomic E-state index is -1.01. The van der Waals surface area contributed by atoms with Crippen molar-refractivity contribution < 1.29 is 4.52 Å². The highest BCUT2D eigenvalue weighted by molar-refractivity contribution is 7.73. The molecule has 1 aliphatic rings. The largest absolute Gasteiger partial charge is 0.441 e. The smallest absolute Gasteiger partial charge is 0.309 e. The van der Waals surface area contributed by atoms with Gasteiger partial charge >= 0.3 is 8.45 Å². The van der Waals surface area contributed by atoms with Crippen LogP contribution in [0.3, 0.4) is 0 Å². The van der Waals surface area contributed by atoms with E-state index in [0.29, 0.717) is 0 Å². The van der Waals surface area contributed by atoms with Crippen molar-refractivity contribution in [2.45, 2.75) is 54.9 Å². The van der Waals surface area contributed by atoms with E-state index >= 15 is 0 Å². The molecule has 0 saturated carbocycles. The van der Waals surface area contributed by atoms with Crippen molar-refractivity contribution in [1.29, 1.82) is 0 Å². The number of allylic oxidation sites excluding steroid dienone is 2. The summed E-state index contributed by atoms with van der Waals surface area (Å²) < 4.78 is 12.1. The van der Waals surface area contributed by atoms with Crippen LogP contribution in [-0.2, 0) is 4.52 Å². The lowest BCUT2D eigenvalue weighted by atomic mass is 9.96. The molecule has 0 unspecified atom stereocenters. The zero-order chi connectivity index (χ0) is 27.3. The Hall–Kier alpha value is -2.34. The summed E-state index contributed by atoms with van der Waals surface area (Å²) in [5, 5.41) is 2.81. The van der Waals surface area contributed by atoms with Crippen molar-refractivity contribution in [2.24, 2.45) is 10.8 Å². The Balaban J connectivity index is 1.66.